The Morgan fingerprint density at radius 2 is 0.783 bits per heavy atom. The molecule has 0 spiro atoms. The molecule has 0 atom stereocenters. The van der Waals surface area contributed by atoms with Crippen LogP contribution < -0.4 is 20.9 Å². The highest BCUT2D eigenvalue weighted by Gasteiger charge is 2.39. The van der Waals surface area contributed by atoms with Crippen LogP contribution in [-0.4, -0.2) is 0 Å². The van der Waals surface area contributed by atoms with Gasteiger partial charge in [-0.3, -0.25) is 0 Å². The first-order chi connectivity index (χ1) is 21.9. The molecule has 0 bridgehead atoms. The van der Waals surface area contributed by atoms with E-state index in [1.807, 2.05) is 48.5 Å². The van der Waals surface area contributed by atoms with E-state index in [9.17, 15) is 0 Å². The van der Waals surface area contributed by atoms with Gasteiger partial charge in [0.1, 0.15) is 23.0 Å². The van der Waals surface area contributed by atoms with Gasteiger partial charge in [-0.2, -0.15) is 0 Å². The lowest BCUT2D eigenvalue weighted by Gasteiger charge is -2.41. The zero-order chi connectivity index (χ0) is 33.2. The monoisotopic (exact) mass is 618 g/mol. The molecule has 46 heavy (non-hydrogen) atoms. The molecular formula is C42H54N2O2. The molecule has 4 nitrogen and oxygen atoms in total. The minimum Gasteiger partial charge on any atom is -0.457 e. The predicted molar refractivity (Wildman–Crippen MR) is 195 cm³/mol. The fourth-order valence-electron chi connectivity index (χ4n) is 7.06. The number of nitrogens with two attached hydrogens (primary N) is 2. The molecule has 4 heteroatoms. The quantitative estimate of drug-likeness (QED) is 0.173. The third kappa shape index (κ3) is 6.92. The van der Waals surface area contributed by atoms with E-state index >= 15 is 0 Å². The molecule has 1 aliphatic rings. The average molecular weight is 619 g/mol. The number of hydrogen-bond acceptors (Lipinski definition) is 4. The van der Waals surface area contributed by atoms with Gasteiger partial charge in [0.25, 0.3) is 0 Å². The summed E-state index contributed by atoms with van der Waals surface area (Å²) in [5, 5.41) is 0. The zero-order valence-electron chi connectivity index (χ0n) is 29.2. The normalized spacial score (nSPS) is 14.8. The Morgan fingerprint density at radius 3 is 1.07 bits per heavy atom. The van der Waals surface area contributed by atoms with E-state index in [1.165, 1.54) is 52.6 Å². The van der Waals surface area contributed by atoms with Crippen molar-refractivity contribution in [2.45, 2.75) is 117 Å². The molecule has 5 rings (SSSR count). The highest BCUT2D eigenvalue weighted by atomic mass is 16.5. The van der Waals surface area contributed by atoms with E-state index in [1.54, 1.807) is 0 Å². The second-order valence-electron chi connectivity index (χ2n) is 14.6. The predicted octanol–water partition coefficient (Wildman–Crippen LogP) is 12.2. The summed E-state index contributed by atoms with van der Waals surface area (Å²) in [6.07, 6.45) is 5.98. The van der Waals surface area contributed by atoms with Crippen molar-refractivity contribution in [2.24, 2.45) is 0 Å². The van der Waals surface area contributed by atoms with Crippen LogP contribution in [-0.2, 0) is 5.41 Å². The van der Waals surface area contributed by atoms with Crippen molar-refractivity contribution >= 4 is 11.4 Å². The molecule has 1 fully saturated rings. The molecule has 0 unspecified atom stereocenters. The molecular weight excluding hydrogens is 564 g/mol. The van der Waals surface area contributed by atoms with Gasteiger partial charge in [-0.15, -0.1) is 0 Å². The summed E-state index contributed by atoms with van der Waals surface area (Å²) >= 11 is 0. The van der Waals surface area contributed by atoms with Crippen LogP contribution in [0.4, 0.5) is 11.4 Å². The number of nitrogen functional groups attached to an aromatic ring is 2. The Hall–Kier alpha value is -3.92. The standard InChI is InChI=1S/C42H54N2O2/c1-26(2)36-22-30(23-37(27(3)4)40(36)45-34-16-12-32(43)13-17-34)42(20-10-9-11-21-42)31-24-38(28(5)6)41(39(25-31)29(7)8)46-35-18-14-33(44)15-19-35/h12-19,22-29H,9-11,20-21,43-44H2,1-8H3. The van der Waals surface area contributed by atoms with Crippen LogP contribution >= 0.6 is 0 Å². The molecule has 1 saturated carbocycles. The van der Waals surface area contributed by atoms with Gasteiger partial charge in [0.2, 0.25) is 0 Å². The zero-order valence-corrected chi connectivity index (χ0v) is 29.2. The second kappa shape index (κ2) is 13.8. The molecule has 4 aromatic carbocycles. The summed E-state index contributed by atoms with van der Waals surface area (Å²) in [5.41, 5.74) is 21.3. The molecule has 4 N–H and O–H groups in total. The fraction of sp³-hybridized carbons (Fsp3) is 0.429. The van der Waals surface area contributed by atoms with Crippen molar-refractivity contribution in [3.05, 3.63) is 106 Å². The van der Waals surface area contributed by atoms with Gasteiger partial charge in [-0.05, 0) is 118 Å². The van der Waals surface area contributed by atoms with Gasteiger partial charge in [0.15, 0.2) is 0 Å². The van der Waals surface area contributed by atoms with Crippen molar-refractivity contribution in [3.63, 3.8) is 0 Å². The van der Waals surface area contributed by atoms with Crippen molar-refractivity contribution in [3.8, 4) is 23.0 Å². The van der Waals surface area contributed by atoms with E-state index in [0.29, 0.717) is 23.7 Å². The second-order valence-corrected chi connectivity index (χ2v) is 14.6. The van der Waals surface area contributed by atoms with E-state index in [4.69, 9.17) is 20.9 Å². The first kappa shape index (κ1) is 33.4. The number of anilines is 2. The van der Waals surface area contributed by atoms with Gasteiger partial charge < -0.3 is 20.9 Å². The van der Waals surface area contributed by atoms with Crippen LogP contribution in [0, 0.1) is 0 Å². The SMILES string of the molecule is CC(C)c1cc(C2(c3cc(C(C)C)c(Oc4ccc(N)cc4)c(C(C)C)c3)CCCCC2)cc(C(C)C)c1Oc1ccc(N)cc1. The summed E-state index contributed by atoms with van der Waals surface area (Å²) in [6, 6.07) is 25.4. The minimum absolute atomic E-state index is 0.0851. The van der Waals surface area contributed by atoms with E-state index in [0.717, 1.165) is 47.2 Å². The Balaban J connectivity index is 1.71. The molecule has 0 aliphatic heterocycles. The van der Waals surface area contributed by atoms with Crippen LogP contribution in [0.5, 0.6) is 23.0 Å². The van der Waals surface area contributed by atoms with Crippen LogP contribution in [0.2, 0.25) is 0 Å². The van der Waals surface area contributed by atoms with E-state index in [-0.39, 0.29) is 5.41 Å². The van der Waals surface area contributed by atoms with Gasteiger partial charge in [-0.25, -0.2) is 0 Å². The highest BCUT2D eigenvalue weighted by Crippen LogP contribution is 2.51. The van der Waals surface area contributed by atoms with Crippen LogP contribution in [0.15, 0.2) is 72.8 Å². The van der Waals surface area contributed by atoms with Gasteiger partial charge in [-0.1, -0.05) is 98.9 Å². The summed E-state index contributed by atoms with van der Waals surface area (Å²) < 4.78 is 13.4. The molecule has 1 aliphatic carbocycles. The molecule has 4 aromatic rings. The first-order valence-electron chi connectivity index (χ1n) is 17.3. The fourth-order valence-corrected chi connectivity index (χ4v) is 7.06. The maximum absolute atomic E-state index is 6.70. The number of rotatable bonds is 10. The van der Waals surface area contributed by atoms with Crippen molar-refractivity contribution in [1.29, 1.82) is 0 Å². The van der Waals surface area contributed by atoms with Gasteiger partial charge in [0.05, 0.1) is 0 Å². The lowest BCUT2D eigenvalue weighted by molar-refractivity contribution is 0.343. The molecule has 0 radical (unpaired) electrons. The van der Waals surface area contributed by atoms with Crippen molar-refractivity contribution < 1.29 is 9.47 Å². The van der Waals surface area contributed by atoms with Crippen LogP contribution in [0.3, 0.4) is 0 Å². The third-order valence-electron chi connectivity index (χ3n) is 9.79. The highest BCUT2D eigenvalue weighted by molar-refractivity contribution is 5.58. The number of ether oxygens (including phenoxy) is 2. The summed E-state index contributed by atoms with van der Waals surface area (Å²) in [5.74, 6) is 4.82. The minimum atomic E-state index is -0.0851. The Morgan fingerprint density at radius 1 is 0.478 bits per heavy atom. The van der Waals surface area contributed by atoms with Crippen LogP contribution in [0.25, 0.3) is 0 Å². The summed E-state index contributed by atoms with van der Waals surface area (Å²) in [6.45, 7) is 18.3. The van der Waals surface area contributed by atoms with E-state index < -0.39 is 0 Å². The maximum Gasteiger partial charge on any atom is 0.134 e. The van der Waals surface area contributed by atoms with Gasteiger partial charge in [0, 0.05) is 16.8 Å². The topological polar surface area (TPSA) is 70.5 Å². The van der Waals surface area contributed by atoms with Crippen LogP contribution in [0.1, 0.15) is 145 Å². The van der Waals surface area contributed by atoms with Crippen molar-refractivity contribution in [2.75, 3.05) is 11.5 Å². The summed E-state index contributed by atoms with van der Waals surface area (Å²) in [4.78, 5) is 0. The number of benzene rings is 4. The lowest BCUT2D eigenvalue weighted by atomic mass is 9.63. The van der Waals surface area contributed by atoms with Gasteiger partial charge >= 0.3 is 0 Å². The average Bonchev–Trinajstić information content (AvgIpc) is 3.03. The largest absolute Gasteiger partial charge is 0.457 e. The molecule has 0 amide bonds. The molecule has 0 aromatic heterocycles. The van der Waals surface area contributed by atoms with Crippen molar-refractivity contribution in [1.82, 2.24) is 0 Å². The third-order valence-corrected chi connectivity index (χ3v) is 9.79. The summed E-state index contributed by atoms with van der Waals surface area (Å²) in [7, 11) is 0. The number of hydrogen-bond donors (Lipinski definition) is 2. The lowest BCUT2D eigenvalue weighted by Crippen LogP contribution is -2.31. The smallest absolute Gasteiger partial charge is 0.134 e. The molecule has 0 heterocycles. The maximum atomic E-state index is 6.70. The first-order valence-corrected chi connectivity index (χ1v) is 17.3. The Kier molecular flexibility index (Phi) is 10.1. The Bertz CT molecular complexity index is 1450. The van der Waals surface area contributed by atoms with E-state index in [2.05, 4.69) is 79.7 Å². The molecule has 244 valence electrons. The molecule has 0 saturated heterocycles. The Labute approximate surface area is 277 Å².